The lowest BCUT2D eigenvalue weighted by Gasteiger charge is -2.37. The number of para-hydroxylation sites is 2. The summed E-state index contributed by atoms with van der Waals surface area (Å²) in [5.74, 6) is 2.73. The Hall–Kier alpha value is -2.54. The summed E-state index contributed by atoms with van der Waals surface area (Å²) in [7, 11) is 1.72. The Bertz CT molecular complexity index is 727. The average molecular weight is 355 g/mol. The molecule has 3 heterocycles. The minimum absolute atomic E-state index is 0.761. The minimum Gasteiger partial charge on any atom is -0.495 e. The van der Waals surface area contributed by atoms with E-state index in [1.807, 2.05) is 24.4 Å². The Kier molecular flexibility index (Phi) is 5.06. The maximum atomic E-state index is 5.50. The molecule has 1 aromatic carbocycles. The Labute approximate surface area is 154 Å². The second-order valence-electron chi connectivity index (χ2n) is 6.46. The number of piperazine rings is 1. The van der Waals surface area contributed by atoms with Crippen LogP contribution >= 0.6 is 0 Å². The van der Waals surface area contributed by atoms with Crippen molar-refractivity contribution in [3.05, 3.63) is 36.5 Å². The number of rotatable bonds is 4. The lowest BCUT2D eigenvalue weighted by Crippen LogP contribution is -2.47. The molecule has 0 N–H and O–H groups in total. The molecule has 2 fully saturated rings. The highest BCUT2D eigenvalue weighted by Gasteiger charge is 2.22. The standard InChI is InChI=1S/C19H25N5O2/c1-25-17-5-3-2-4-16(17)22-8-10-24(11-9-22)19-20-7-6-18(21-19)23-12-14-26-15-13-23/h2-7H,8-15H2,1H3. The maximum Gasteiger partial charge on any atom is 0.227 e. The van der Waals surface area contributed by atoms with E-state index in [4.69, 9.17) is 14.5 Å². The Morgan fingerprint density at radius 3 is 2.38 bits per heavy atom. The van der Waals surface area contributed by atoms with Gasteiger partial charge in [0.05, 0.1) is 26.0 Å². The number of aromatic nitrogens is 2. The zero-order chi connectivity index (χ0) is 17.8. The van der Waals surface area contributed by atoms with Gasteiger partial charge in [-0.25, -0.2) is 4.98 Å². The van der Waals surface area contributed by atoms with Gasteiger partial charge in [-0.3, -0.25) is 0 Å². The molecule has 2 aliphatic rings. The summed E-state index contributed by atoms with van der Waals surface area (Å²) in [5, 5.41) is 0. The van der Waals surface area contributed by atoms with E-state index >= 15 is 0 Å². The van der Waals surface area contributed by atoms with Gasteiger partial charge in [-0.2, -0.15) is 4.98 Å². The van der Waals surface area contributed by atoms with Crippen molar-refractivity contribution in [3.63, 3.8) is 0 Å². The third-order valence-electron chi connectivity index (χ3n) is 4.95. The molecule has 138 valence electrons. The normalized spacial score (nSPS) is 18.1. The molecular formula is C19H25N5O2. The van der Waals surface area contributed by atoms with Gasteiger partial charge >= 0.3 is 0 Å². The van der Waals surface area contributed by atoms with Crippen molar-refractivity contribution in [1.29, 1.82) is 0 Å². The van der Waals surface area contributed by atoms with Crippen molar-refractivity contribution in [2.45, 2.75) is 0 Å². The number of anilines is 3. The smallest absolute Gasteiger partial charge is 0.227 e. The largest absolute Gasteiger partial charge is 0.495 e. The minimum atomic E-state index is 0.761. The molecular weight excluding hydrogens is 330 g/mol. The fourth-order valence-electron chi connectivity index (χ4n) is 3.50. The van der Waals surface area contributed by atoms with Crippen LogP contribution in [0.2, 0.25) is 0 Å². The first-order chi connectivity index (χ1) is 12.8. The molecule has 2 saturated heterocycles. The summed E-state index contributed by atoms with van der Waals surface area (Å²) in [6.45, 7) is 6.93. The Morgan fingerprint density at radius 1 is 0.885 bits per heavy atom. The van der Waals surface area contributed by atoms with Gasteiger partial charge in [0, 0.05) is 45.5 Å². The fourth-order valence-corrected chi connectivity index (χ4v) is 3.50. The Morgan fingerprint density at radius 2 is 1.62 bits per heavy atom. The molecule has 0 spiro atoms. The molecule has 26 heavy (non-hydrogen) atoms. The predicted octanol–water partition coefficient (Wildman–Crippen LogP) is 1.65. The van der Waals surface area contributed by atoms with E-state index < -0.39 is 0 Å². The number of hydrogen-bond acceptors (Lipinski definition) is 7. The van der Waals surface area contributed by atoms with Crippen LogP contribution in [0.25, 0.3) is 0 Å². The van der Waals surface area contributed by atoms with Crippen LogP contribution in [0.4, 0.5) is 17.5 Å². The van der Waals surface area contributed by atoms with Crippen LogP contribution in [0, 0.1) is 0 Å². The van der Waals surface area contributed by atoms with Crippen LogP contribution in [0.1, 0.15) is 0 Å². The number of methoxy groups -OCH3 is 1. The van der Waals surface area contributed by atoms with Gasteiger partial charge in [-0.1, -0.05) is 12.1 Å². The molecule has 0 unspecified atom stereocenters. The van der Waals surface area contributed by atoms with Crippen LogP contribution in [0.15, 0.2) is 36.5 Å². The van der Waals surface area contributed by atoms with E-state index in [1.165, 1.54) is 0 Å². The van der Waals surface area contributed by atoms with Crippen LogP contribution in [-0.4, -0.2) is 69.6 Å². The van der Waals surface area contributed by atoms with E-state index in [2.05, 4.69) is 31.8 Å². The number of morpholine rings is 1. The zero-order valence-electron chi connectivity index (χ0n) is 15.2. The molecule has 0 amide bonds. The summed E-state index contributed by atoms with van der Waals surface area (Å²) in [6.07, 6.45) is 1.86. The molecule has 0 radical (unpaired) electrons. The van der Waals surface area contributed by atoms with Gasteiger partial charge in [0.15, 0.2) is 0 Å². The molecule has 1 aromatic heterocycles. The van der Waals surface area contributed by atoms with Crippen molar-refractivity contribution in [2.24, 2.45) is 0 Å². The number of nitrogens with zero attached hydrogens (tertiary/aromatic N) is 5. The quantitative estimate of drug-likeness (QED) is 0.826. The number of benzene rings is 1. The Balaban J connectivity index is 1.43. The van der Waals surface area contributed by atoms with Gasteiger partial charge in [0.2, 0.25) is 5.95 Å². The number of ether oxygens (including phenoxy) is 2. The third kappa shape index (κ3) is 3.53. The van der Waals surface area contributed by atoms with Crippen molar-refractivity contribution in [1.82, 2.24) is 9.97 Å². The fraction of sp³-hybridized carbons (Fsp3) is 0.474. The van der Waals surface area contributed by atoms with Gasteiger partial charge in [0.25, 0.3) is 0 Å². The summed E-state index contributed by atoms with van der Waals surface area (Å²) in [5.41, 5.74) is 1.15. The maximum absolute atomic E-state index is 5.50. The SMILES string of the molecule is COc1ccccc1N1CCN(c2nccc(N3CCOCC3)n2)CC1. The highest BCUT2D eigenvalue weighted by Crippen LogP contribution is 2.29. The first-order valence-corrected chi connectivity index (χ1v) is 9.14. The predicted molar refractivity (Wildman–Crippen MR) is 102 cm³/mol. The van der Waals surface area contributed by atoms with Crippen molar-refractivity contribution in [3.8, 4) is 5.75 Å². The molecule has 0 atom stereocenters. The van der Waals surface area contributed by atoms with Crippen LogP contribution < -0.4 is 19.4 Å². The summed E-state index contributed by atoms with van der Waals surface area (Å²) >= 11 is 0. The van der Waals surface area contributed by atoms with E-state index in [1.54, 1.807) is 7.11 Å². The van der Waals surface area contributed by atoms with Crippen molar-refractivity contribution < 1.29 is 9.47 Å². The topological polar surface area (TPSA) is 54.0 Å². The van der Waals surface area contributed by atoms with Crippen molar-refractivity contribution in [2.75, 3.05) is 74.3 Å². The van der Waals surface area contributed by atoms with E-state index in [0.717, 1.165) is 75.7 Å². The lowest BCUT2D eigenvalue weighted by atomic mass is 10.2. The molecule has 4 rings (SSSR count). The molecule has 2 aliphatic heterocycles. The van der Waals surface area contributed by atoms with Gasteiger partial charge in [-0.15, -0.1) is 0 Å². The summed E-state index contributed by atoms with van der Waals surface area (Å²) < 4.78 is 10.9. The average Bonchev–Trinajstić information content (AvgIpc) is 2.74. The molecule has 2 aromatic rings. The zero-order valence-corrected chi connectivity index (χ0v) is 15.2. The van der Waals surface area contributed by atoms with Crippen LogP contribution in [-0.2, 0) is 4.74 Å². The summed E-state index contributed by atoms with van der Waals surface area (Å²) in [4.78, 5) is 16.2. The number of hydrogen-bond donors (Lipinski definition) is 0. The highest BCUT2D eigenvalue weighted by molar-refractivity contribution is 5.59. The molecule has 0 aliphatic carbocycles. The van der Waals surface area contributed by atoms with Gasteiger partial charge < -0.3 is 24.2 Å². The molecule has 7 heteroatoms. The molecule has 0 saturated carbocycles. The van der Waals surface area contributed by atoms with Gasteiger partial charge in [-0.05, 0) is 18.2 Å². The molecule has 7 nitrogen and oxygen atoms in total. The second kappa shape index (κ2) is 7.78. The third-order valence-corrected chi connectivity index (χ3v) is 4.95. The lowest BCUT2D eigenvalue weighted by molar-refractivity contribution is 0.122. The van der Waals surface area contributed by atoms with Crippen molar-refractivity contribution >= 4 is 17.5 Å². The van der Waals surface area contributed by atoms with E-state index in [0.29, 0.717) is 0 Å². The van der Waals surface area contributed by atoms with Crippen LogP contribution in [0.5, 0.6) is 5.75 Å². The van der Waals surface area contributed by atoms with E-state index in [9.17, 15) is 0 Å². The first kappa shape index (κ1) is 16.9. The molecule has 0 bridgehead atoms. The van der Waals surface area contributed by atoms with Gasteiger partial charge in [0.1, 0.15) is 11.6 Å². The summed E-state index contributed by atoms with van der Waals surface area (Å²) in [6, 6.07) is 10.2. The monoisotopic (exact) mass is 355 g/mol. The van der Waals surface area contributed by atoms with E-state index in [-0.39, 0.29) is 0 Å². The first-order valence-electron chi connectivity index (χ1n) is 9.14. The van der Waals surface area contributed by atoms with Crippen LogP contribution in [0.3, 0.4) is 0 Å². The second-order valence-corrected chi connectivity index (χ2v) is 6.46. The highest BCUT2D eigenvalue weighted by atomic mass is 16.5.